The Bertz CT molecular complexity index is 1280. The van der Waals surface area contributed by atoms with Gasteiger partial charge in [-0.15, -0.1) is 0 Å². The first kappa shape index (κ1) is 22.5. The van der Waals surface area contributed by atoms with Gasteiger partial charge in [-0.1, -0.05) is 29.8 Å². The number of amides is 1. The highest BCUT2D eigenvalue weighted by atomic mass is 35.5. The fraction of sp³-hybridized carbons (Fsp3) is 0.200. The molecule has 170 valence electrons. The molecule has 2 heterocycles. The first-order valence-corrected chi connectivity index (χ1v) is 10.9. The lowest BCUT2D eigenvalue weighted by molar-refractivity contribution is 0.0946. The van der Waals surface area contributed by atoms with Gasteiger partial charge in [-0.25, -0.2) is 4.68 Å². The van der Waals surface area contributed by atoms with Crippen LogP contribution in [0.15, 0.2) is 66.9 Å². The van der Waals surface area contributed by atoms with E-state index in [1.807, 2.05) is 66.3 Å². The summed E-state index contributed by atoms with van der Waals surface area (Å²) < 4.78 is 14.2. The summed E-state index contributed by atoms with van der Waals surface area (Å²) in [5, 5.41) is 8.20. The molecule has 1 N–H and O–H groups in total. The van der Waals surface area contributed by atoms with Crippen LogP contribution in [0.3, 0.4) is 0 Å². The van der Waals surface area contributed by atoms with E-state index in [4.69, 9.17) is 26.2 Å². The normalized spacial score (nSPS) is 10.8. The number of halogens is 1. The highest BCUT2D eigenvalue weighted by Crippen LogP contribution is 2.28. The quantitative estimate of drug-likeness (QED) is 0.416. The lowest BCUT2D eigenvalue weighted by Crippen LogP contribution is -2.28. The van der Waals surface area contributed by atoms with Crippen LogP contribution in [0.4, 0.5) is 0 Å². The molecule has 1 amide bonds. The third-order valence-electron chi connectivity index (χ3n) is 5.38. The molecule has 33 heavy (non-hydrogen) atoms. The van der Waals surface area contributed by atoms with Crippen LogP contribution in [0.5, 0.6) is 11.5 Å². The smallest absolute Gasteiger partial charge is 0.270 e. The van der Waals surface area contributed by atoms with Crippen LogP contribution in [0.2, 0.25) is 5.02 Å². The number of carbonyl (C=O) groups is 1. The second-order valence-corrected chi connectivity index (χ2v) is 7.88. The maximum Gasteiger partial charge on any atom is 0.270 e. The number of nitrogens with one attached hydrogen (secondary N) is 1. The van der Waals surface area contributed by atoms with Crippen molar-refractivity contribution >= 4 is 17.5 Å². The Morgan fingerprint density at radius 3 is 2.52 bits per heavy atom. The molecule has 4 aromatic rings. The summed E-state index contributed by atoms with van der Waals surface area (Å²) >= 11 is 6.42. The summed E-state index contributed by atoms with van der Waals surface area (Å²) in [5.41, 5.74) is 3.67. The molecule has 4 rings (SSSR count). The standard InChI is InChI=1S/C25H25ClN4O3/c1-29-14-6-9-21(29)19-16-22(30(28-19)20-8-5-4-7-18(20)26)25(31)27-13-12-17-10-11-23(32-2)24(15-17)33-3/h4-11,14-16H,12-13H2,1-3H3,(H,27,31). The third kappa shape index (κ3) is 4.73. The van der Waals surface area contributed by atoms with E-state index >= 15 is 0 Å². The molecule has 2 aromatic heterocycles. The molecule has 2 aromatic carbocycles. The molecule has 0 saturated heterocycles. The van der Waals surface area contributed by atoms with E-state index in [0.29, 0.717) is 46.6 Å². The Kier molecular flexibility index (Phi) is 6.70. The Labute approximate surface area is 197 Å². The fourth-order valence-electron chi connectivity index (χ4n) is 3.65. The molecule has 8 heteroatoms. The Morgan fingerprint density at radius 1 is 1.03 bits per heavy atom. The number of aromatic nitrogens is 3. The number of nitrogens with zero attached hydrogens (tertiary/aromatic N) is 3. The molecule has 0 saturated carbocycles. The van der Waals surface area contributed by atoms with Gasteiger partial charge >= 0.3 is 0 Å². The van der Waals surface area contributed by atoms with Gasteiger partial charge in [0, 0.05) is 19.8 Å². The van der Waals surface area contributed by atoms with Gasteiger partial charge in [0.25, 0.3) is 5.91 Å². The minimum Gasteiger partial charge on any atom is -0.493 e. The average molecular weight is 465 g/mol. The Morgan fingerprint density at radius 2 is 1.82 bits per heavy atom. The molecular formula is C25H25ClN4O3. The van der Waals surface area contributed by atoms with Crippen molar-refractivity contribution < 1.29 is 14.3 Å². The van der Waals surface area contributed by atoms with E-state index in [9.17, 15) is 4.79 Å². The molecule has 0 aliphatic carbocycles. The number of benzene rings is 2. The van der Waals surface area contributed by atoms with Crippen molar-refractivity contribution in [3.8, 4) is 28.6 Å². The van der Waals surface area contributed by atoms with E-state index in [1.54, 1.807) is 31.0 Å². The number of methoxy groups -OCH3 is 2. The molecule has 0 unspecified atom stereocenters. The largest absolute Gasteiger partial charge is 0.493 e. The van der Waals surface area contributed by atoms with Crippen LogP contribution in [0.25, 0.3) is 17.1 Å². The number of ether oxygens (including phenoxy) is 2. The van der Waals surface area contributed by atoms with Gasteiger partial charge in [0.15, 0.2) is 11.5 Å². The van der Waals surface area contributed by atoms with E-state index in [2.05, 4.69) is 5.32 Å². The maximum absolute atomic E-state index is 13.2. The molecule has 0 atom stereocenters. The number of aryl methyl sites for hydroxylation is 1. The van der Waals surface area contributed by atoms with Crippen molar-refractivity contribution in [1.82, 2.24) is 19.7 Å². The topological polar surface area (TPSA) is 70.3 Å². The molecular weight excluding hydrogens is 440 g/mol. The van der Waals surface area contributed by atoms with E-state index in [-0.39, 0.29) is 5.91 Å². The van der Waals surface area contributed by atoms with Gasteiger partial charge in [-0.3, -0.25) is 4.79 Å². The van der Waals surface area contributed by atoms with Crippen LogP contribution < -0.4 is 14.8 Å². The zero-order chi connectivity index (χ0) is 23.4. The zero-order valence-corrected chi connectivity index (χ0v) is 19.5. The molecule has 0 aliphatic rings. The van der Waals surface area contributed by atoms with Crippen molar-refractivity contribution in [3.05, 3.63) is 83.1 Å². The molecule has 7 nitrogen and oxygen atoms in total. The highest BCUT2D eigenvalue weighted by molar-refractivity contribution is 6.32. The average Bonchev–Trinajstić information content (AvgIpc) is 3.45. The monoisotopic (exact) mass is 464 g/mol. The van der Waals surface area contributed by atoms with Crippen LogP contribution in [0, 0.1) is 0 Å². The van der Waals surface area contributed by atoms with E-state index in [1.165, 1.54) is 0 Å². The SMILES string of the molecule is COc1ccc(CCNC(=O)c2cc(-c3cccn3C)nn2-c2ccccc2Cl)cc1OC. The molecule has 0 aliphatic heterocycles. The van der Waals surface area contributed by atoms with Crippen molar-refractivity contribution in [2.24, 2.45) is 7.05 Å². The molecule has 0 radical (unpaired) electrons. The van der Waals surface area contributed by atoms with Gasteiger partial charge in [0.2, 0.25) is 0 Å². The lowest BCUT2D eigenvalue weighted by atomic mass is 10.1. The zero-order valence-electron chi connectivity index (χ0n) is 18.7. The fourth-order valence-corrected chi connectivity index (χ4v) is 3.87. The maximum atomic E-state index is 13.2. The summed E-state index contributed by atoms with van der Waals surface area (Å²) in [6.45, 7) is 0.446. The van der Waals surface area contributed by atoms with Crippen LogP contribution in [-0.2, 0) is 13.5 Å². The van der Waals surface area contributed by atoms with Gasteiger partial charge < -0.3 is 19.4 Å². The molecule has 0 fully saturated rings. The highest BCUT2D eigenvalue weighted by Gasteiger charge is 2.20. The number of hydrogen-bond donors (Lipinski definition) is 1. The summed E-state index contributed by atoms with van der Waals surface area (Å²) in [5.74, 6) is 1.09. The van der Waals surface area contributed by atoms with Gasteiger partial charge in [-0.2, -0.15) is 5.10 Å². The van der Waals surface area contributed by atoms with Crippen molar-refractivity contribution in [3.63, 3.8) is 0 Å². The number of rotatable bonds is 8. The van der Waals surface area contributed by atoms with Crippen molar-refractivity contribution in [2.45, 2.75) is 6.42 Å². The second kappa shape index (κ2) is 9.83. The predicted molar refractivity (Wildman–Crippen MR) is 129 cm³/mol. The number of para-hydroxylation sites is 1. The van der Waals surface area contributed by atoms with Crippen molar-refractivity contribution in [1.29, 1.82) is 0 Å². The van der Waals surface area contributed by atoms with Crippen LogP contribution >= 0.6 is 11.6 Å². The molecule has 0 spiro atoms. The second-order valence-electron chi connectivity index (χ2n) is 7.48. The summed E-state index contributed by atoms with van der Waals surface area (Å²) in [4.78, 5) is 13.2. The Balaban J connectivity index is 1.57. The third-order valence-corrected chi connectivity index (χ3v) is 5.70. The number of carbonyl (C=O) groups excluding carboxylic acids is 1. The first-order valence-electron chi connectivity index (χ1n) is 10.5. The van der Waals surface area contributed by atoms with Crippen LogP contribution in [-0.4, -0.2) is 41.0 Å². The molecule has 0 bridgehead atoms. The van der Waals surface area contributed by atoms with Crippen molar-refractivity contribution in [2.75, 3.05) is 20.8 Å². The van der Waals surface area contributed by atoms with E-state index in [0.717, 1.165) is 11.3 Å². The first-order chi connectivity index (χ1) is 16.0. The van der Waals surface area contributed by atoms with Crippen LogP contribution in [0.1, 0.15) is 16.1 Å². The van der Waals surface area contributed by atoms with Gasteiger partial charge in [0.05, 0.1) is 30.6 Å². The lowest BCUT2D eigenvalue weighted by Gasteiger charge is -2.11. The summed E-state index contributed by atoms with van der Waals surface area (Å²) in [6.07, 6.45) is 2.57. The van der Waals surface area contributed by atoms with E-state index < -0.39 is 0 Å². The van der Waals surface area contributed by atoms with Gasteiger partial charge in [0.1, 0.15) is 11.4 Å². The minimum atomic E-state index is -0.233. The van der Waals surface area contributed by atoms with Gasteiger partial charge in [-0.05, 0) is 54.4 Å². The summed E-state index contributed by atoms with van der Waals surface area (Å²) in [6, 6.07) is 18.7. The number of hydrogen-bond acceptors (Lipinski definition) is 4. The predicted octanol–water partition coefficient (Wildman–Crippen LogP) is 4.52. The summed E-state index contributed by atoms with van der Waals surface area (Å²) in [7, 11) is 5.14. The Hall–Kier alpha value is -3.71. The minimum absolute atomic E-state index is 0.233.